The third-order valence-electron chi connectivity index (χ3n) is 4.58. The zero-order valence-electron chi connectivity index (χ0n) is 14.4. The minimum atomic E-state index is -0.136. The van der Waals surface area contributed by atoms with Gasteiger partial charge in [0.05, 0.1) is 5.54 Å². The van der Waals surface area contributed by atoms with Gasteiger partial charge in [-0.1, -0.05) is 65.8 Å². The third-order valence-corrected chi connectivity index (χ3v) is 4.58. The average molecular weight is 303 g/mol. The molecule has 1 unspecified atom stereocenters. The monoisotopic (exact) mass is 303 g/mol. The van der Waals surface area contributed by atoms with Gasteiger partial charge in [-0.2, -0.15) is 0 Å². The summed E-state index contributed by atoms with van der Waals surface area (Å²) in [4.78, 5) is 0. The van der Waals surface area contributed by atoms with E-state index < -0.39 is 0 Å². The Balaban J connectivity index is 1.98. The predicted molar refractivity (Wildman–Crippen MR) is 99.8 cm³/mol. The van der Waals surface area contributed by atoms with Crippen LogP contribution in [0.1, 0.15) is 44.7 Å². The molecule has 0 spiro atoms. The molecule has 0 saturated carbocycles. The second kappa shape index (κ2) is 6.08. The lowest BCUT2D eigenvalue weighted by Crippen LogP contribution is -2.29. The third kappa shape index (κ3) is 3.24. The fraction of sp³-hybridized carbons (Fsp3) is 0.273. The summed E-state index contributed by atoms with van der Waals surface area (Å²) in [6, 6.07) is 19.2. The van der Waals surface area contributed by atoms with E-state index in [1.165, 1.54) is 22.3 Å². The SMILES string of the molecule is CC1=CC(c2ccccc2C(C)(C)Nc2ccccc2)C(C)=C1. The molecule has 0 aliphatic heterocycles. The van der Waals surface area contributed by atoms with Crippen LogP contribution in [-0.2, 0) is 5.54 Å². The smallest absolute Gasteiger partial charge is 0.0572 e. The predicted octanol–water partition coefficient (Wildman–Crippen LogP) is 6.02. The van der Waals surface area contributed by atoms with Gasteiger partial charge in [0.1, 0.15) is 0 Å². The first-order valence-electron chi connectivity index (χ1n) is 8.26. The van der Waals surface area contributed by atoms with E-state index in [1.807, 2.05) is 6.07 Å². The van der Waals surface area contributed by atoms with Gasteiger partial charge < -0.3 is 5.32 Å². The van der Waals surface area contributed by atoms with Gasteiger partial charge in [-0.15, -0.1) is 0 Å². The Kier molecular flexibility index (Phi) is 4.12. The number of hydrogen-bond donors (Lipinski definition) is 1. The molecule has 0 saturated heterocycles. The quantitative estimate of drug-likeness (QED) is 0.728. The molecule has 0 amide bonds. The van der Waals surface area contributed by atoms with E-state index >= 15 is 0 Å². The molecule has 118 valence electrons. The standard InChI is InChI=1S/C22H25N/c1-16-14-17(2)20(15-16)19-12-8-9-13-21(19)22(3,4)23-18-10-6-5-7-11-18/h5-15,20,23H,1-4H3. The van der Waals surface area contributed by atoms with Crippen LogP contribution in [0.25, 0.3) is 0 Å². The van der Waals surface area contributed by atoms with Crippen LogP contribution in [-0.4, -0.2) is 0 Å². The summed E-state index contributed by atoms with van der Waals surface area (Å²) in [5.74, 6) is 0.392. The van der Waals surface area contributed by atoms with E-state index in [4.69, 9.17) is 0 Å². The van der Waals surface area contributed by atoms with Gasteiger partial charge in [0.2, 0.25) is 0 Å². The minimum Gasteiger partial charge on any atom is -0.376 e. The van der Waals surface area contributed by atoms with Gasteiger partial charge in [-0.05, 0) is 51.0 Å². The molecule has 2 aromatic rings. The first-order chi connectivity index (χ1) is 11.0. The number of hydrogen-bond acceptors (Lipinski definition) is 1. The molecule has 1 aliphatic carbocycles. The topological polar surface area (TPSA) is 12.0 Å². The van der Waals surface area contributed by atoms with Crippen molar-refractivity contribution in [1.82, 2.24) is 0 Å². The largest absolute Gasteiger partial charge is 0.376 e. The van der Waals surface area contributed by atoms with Crippen LogP contribution in [0.4, 0.5) is 5.69 Å². The number of benzene rings is 2. The lowest BCUT2D eigenvalue weighted by atomic mass is 9.82. The summed E-state index contributed by atoms with van der Waals surface area (Å²) in [5, 5.41) is 3.68. The lowest BCUT2D eigenvalue weighted by Gasteiger charge is -2.32. The van der Waals surface area contributed by atoms with Crippen molar-refractivity contribution in [3.63, 3.8) is 0 Å². The Labute approximate surface area is 139 Å². The highest BCUT2D eigenvalue weighted by molar-refractivity contribution is 5.52. The van der Waals surface area contributed by atoms with Crippen LogP contribution >= 0.6 is 0 Å². The number of allylic oxidation sites excluding steroid dienone is 4. The van der Waals surface area contributed by atoms with Gasteiger partial charge in [-0.25, -0.2) is 0 Å². The summed E-state index contributed by atoms with van der Waals surface area (Å²) in [6.07, 6.45) is 4.66. The fourth-order valence-corrected chi connectivity index (χ4v) is 3.51. The molecular weight excluding hydrogens is 278 g/mol. The highest BCUT2D eigenvalue weighted by Gasteiger charge is 2.27. The summed E-state index contributed by atoms with van der Waals surface area (Å²) in [5.41, 5.74) is 6.54. The van der Waals surface area contributed by atoms with Crippen molar-refractivity contribution in [1.29, 1.82) is 0 Å². The van der Waals surface area contributed by atoms with Crippen molar-refractivity contribution in [2.24, 2.45) is 0 Å². The van der Waals surface area contributed by atoms with Crippen molar-refractivity contribution in [3.05, 3.63) is 89.0 Å². The summed E-state index contributed by atoms with van der Waals surface area (Å²) < 4.78 is 0. The molecule has 1 heteroatoms. The maximum Gasteiger partial charge on any atom is 0.0572 e. The first-order valence-corrected chi connectivity index (χ1v) is 8.26. The molecule has 23 heavy (non-hydrogen) atoms. The summed E-state index contributed by atoms with van der Waals surface area (Å²) >= 11 is 0. The molecule has 1 nitrogen and oxygen atoms in total. The molecule has 1 atom stereocenters. The van der Waals surface area contributed by atoms with Gasteiger partial charge >= 0.3 is 0 Å². The Morgan fingerprint density at radius 2 is 1.52 bits per heavy atom. The van der Waals surface area contributed by atoms with Crippen LogP contribution in [0.3, 0.4) is 0 Å². The molecule has 2 aromatic carbocycles. The number of rotatable bonds is 4. The highest BCUT2D eigenvalue weighted by Crippen LogP contribution is 2.38. The Morgan fingerprint density at radius 1 is 0.870 bits per heavy atom. The van der Waals surface area contributed by atoms with E-state index in [0.29, 0.717) is 5.92 Å². The first kappa shape index (κ1) is 15.6. The summed E-state index contributed by atoms with van der Waals surface area (Å²) in [7, 11) is 0. The van der Waals surface area contributed by atoms with Crippen molar-refractivity contribution >= 4 is 5.69 Å². The molecule has 0 heterocycles. The van der Waals surface area contributed by atoms with Gasteiger partial charge in [0.25, 0.3) is 0 Å². The van der Waals surface area contributed by atoms with Gasteiger partial charge in [0.15, 0.2) is 0 Å². The molecular formula is C22H25N. The molecule has 0 radical (unpaired) electrons. The zero-order chi connectivity index (χ0) is 16.4. The van der Waals surface area contributed by atoms with Crippen LogP contribution in [0.2, 0.25) is 0 Å². The molecule has 0 aromatic heterocycles. The van der Waals surface area contributed by atoms with Crippen LogP contribution < -0.4 is 5.32 Å². The highest BCUT2D eigenvalue weighted by atomic mass is 15.0. The fourth-order valence-electron chi connectivity index (χ4n) is 3.51. The zero-order valence-corrected chi connectivity index (χ0v) is 14.4. The molecule has 1 aliphatic rings. The van der Waals surface area contributed by atoms with E-state index in [9.17, 15) is 0 Å². The molecule has 3 rings (SSSR count). The lowest BCUT2D eigenvalue weighted by molar-refractivity contribution is 0.600. The number of anilines is 1. The van der Waals surface area contributed by atoms with E-state index in [-0.39, 0.29) is 5.54 Å². The maximum atomic E-state index is 3.68. The maximum absolute atomic E-state index is 3.68. The number of para-hydroxylation sites is 1. The van der Waals surface area contributed by atoms with E-state index in [1.54, 1.807) is 0 Å². The van der Waals surface area contributed by atoms with Crippen molar-refractivity contribution < 1.29 is 0 Å². The Hall–Kier alpha value is -2.28. The summed E-state index contributed by atoms with van der Waals surface area (Å²) in [6.45, 7) is 8.92. The second-order valence-electron chi connectivity index (χ2n) is 6.98. The minimum absolute atomic E-state index is 0.136. The molecule has 1 N–H and O–H groups in total. The normalized spacial score (nSPS) is 17.7. The van der Waals surface area contributed by atoms with E-state index in [0.717, 1.165) is 5.69 Å². The van der Waals surface area contributed by atoms with Gasteiger partial charge in [0, 0.05) is 11.6 Å². The van der Waals surface area contributed by atoms with Gasteiger partial charge in [-0.3, -0.25) is 0 Å². The van der Waals surface area contributed by atoms with Crippen LogP contribution in [0.15, 0.2) is 77.9 Å². The Morgan fingerprint density at radius 3 is 2.17 bits per heavy atom. The average Bonchev–Trinajstić information content (AvgIpc) is 2.86. The Bertz CT molecular complexity index is 751. The molecule has 0 fully saturated rings. The number of nitrogens with one attached hydrogen (secondary N) is 1. The van der Waals surface area contributed by atoms with Crippen molar-refractivity contribution in [2.75, 3.05) is 5.32 Å². The molecule has 0 bridgehead atoms. The van der Waals surface area contributed by atoms with Crippen molar-refractivity contribution in [2.45, 2.75) is 39.2 Å². The second-order valence-corrected chi connectivity index (χ2v) is 6.98. The van der Waals surface area contributed by atoms with E-state index in [2.05, 4.69) is 93.7 Å². The van der Waals surface area contributed by atoms with Crippen LogP contribution in [0.5, 0.6) is 0 Å². The van der Waals surface area contributed by atoms with Crippen molar-refractivity contribution in [3.8, 4) is 0 Å². The van der Waals surface area contributed by atoms with Crippen LogP contribution in [0, 0.1) is 0 Å².